The van der Waals surface area contributed by atoms with Crippen LogP contribution in [0.25, 0.3) is 0 Å². The Morgan fingerprint density at radius 1 is 1.36 bits per heavy atom. The molecule has 0 nitrogen and oxygen atoms in total. The summed E-state index contributed by atoms with van der Waals surface area (Å²) in [5.41, 5.74) is 0. The molecule has 1 aromatic rings. The summed E-state index contributed by atoms with van der Waals surface area (Å²) in [6.45, 7) is 0. The van der Waals surface area contributed by atoms with E-state index in [9.17, 15) is 0 Å². The van der Waals surface area contributed by atoms with Gasteiger partial charge in [0.05, 0.1) is 0 Å². The quantitative estimate of drug-likeness (QED) is 0.576. The lowest BCUT2D eigenvalue weighted by Gasteiger charge is -1.93. The van der Waals surface area contributed by atoms with Gasteiger partial charge < -0.3 is 0 Å². The zero-order valence-electron chi connectivity index (χ0n) is 6.15. The standard InChI is InChI=1S/C8H10Br2S/c9-4-2-1-3-8-5-7(10)6-11-8/h5-6H,1-4H2. The van der Waals surface area contributed by atoms with Crippen molar-refractivity contribution in [1.29, 1.82) is 0 Å². The molecule has 0 aromatic carbocycles. The van der Waals surface area contributed by atoms with Gasteiger partial charge in [-0.15, -0.1) is 11.3 Å². The zero-order chi connectivity index (χ0) is 8.10. The molecular weight excluding hydrogens is 288 g/mol. The minimum atomic E-state index is 1.12. The van der Waals surface area contributed by atoms with Crippen molar-refractivity contribution >= 4 is 43.2 Å². The minimum Gasteiger partial charge on any atom is -0.148 e. The van der Waals surface area contributed by atoms with Crippen LogP contribution in [0.5, 0.6) is 0 Å². The number of unbranched alkanes of at least 4 members (excludes halogenated alkanes) is 1. The maximum absolute atomic E-state index is 3.44. The van der Waals surface area contributed by atoms with Crippen LogP contribution >= 0.6 is 43.2 Å². The van der Waals surface area contributed by atoms with Gasteiger partial charge in [0.2, 0.25) is 0 Å². The van der Waals surface area contributed by atoms with Crippen molar-refractivity contribution in [3.8, 4) is 0 Å². The van der Waals surface area contributed by atoms with E-state index in [1.165, 1.54) is 28.6 Å². The molecule has 0 atom stereocenters. The number of halogens is 2. The average molecular weight is 298 g/mol. The molecule has 0 radical (unpaired) electrons. The van der Waals surface area contributed by atoms with E-state index >= 15 is 0 Å². The summed E-state index contributed by atoms with van der Waals surface area (Å²) in [6.07, 6.45) is 3.79. The van der Waals surface area contributed by atoms with Gasteiger partial charge in [0.25, 0.3) is 0 Å². The second kappa shape index (κ2) is 5.33. The molecule has 0 saturated heterocycles. The van der Waals surface area contributed by atoms with Gasteiger partial charge in [0.1, 0.15) is 0 Å². The van der Waals surface area contributed by atoms with E-state index in [2.05, 4.69) is 43.3 Å². The van der Waals surface area contributed by atoms with Gasteiger partial charge in [-0.3, -0.25) is 0 Å². The summed E-state index contributed by atoms with van der Waals surface area (Å²) in [4.78, 5) is 1.48. The Balaban J connectivity index is 2.27. The van der Waals surface area contributed by atoms with Gasteiger partial charge in [0, 0.05) is 20.1 Å². The molecule has 0 amide bonds. The van der Waals surface area contributed by atoms with Crippen LogP contribution < -0.4 is 0 Å². The summed E-state index contributed by atoms with van der Waals surface area (Å²) < 4.78 is 1.22. The van der Waals surface area contributed by atoms with Crippen LogP contribution in [0.2, 0.25) is 0 Å². The van der Waals surface area contributed by atoms with Crippen LogP contribution in [0.3, 0.4) is 0 Å². The molecule has 1 aromatic heterocycles. The van der Waals surface area contributed by atoms with E-state index in [1.807, 2.05) is 11.3 Å². The predicted molar refractivity (Wildman–Crippen MR) is 58.8 cm³/mol. The maximum Gasteiger partial charge on any atom is 0.0285 e. The van der Waals surface area contributed by atoms with E-state index in [4.69, 9.17) is 0 Å². The Bertz CT molecular complexity index is 208. The first kappa shape index (κ1) is 9.75. The molecule has 0 saturated carbocycles. The number of hydrogen-bond donors (Lipinski definition) is 0. The molecule has 0 N–H and O–H groups in total. The van der Waals surface area contributed by atoms with Crippen LogP contribution in [-0.2, 0) is 6.42 Å². The van der Waals surface area contributed by atoms with E-state index in [-0.39, 0.29) is 0 Å². The van der Waals surface area contributed by atoms with Gasteiger partial charge in [-0.05, 0) is 41.3 Å². The van der Waals surface area contributed by atoms with E-state index in [0.717, 1.165) is 5.33 Å². The Kier molecular flexibility index (Phi) is 4.72. The molecule has 0 fully saturated rings. The predicted octanol–water partition coefficient (Wildman–Crippen LogP) is 4.23. The molecular formula is C8H10Br2S. The summed E-state index contributed by atoms with van der Waals surface area (Å²) in [5.74, 6) is 0. The lowest BCUT2D eigenvalue weighted by molar-refractivity contribution is 0.815. The Hall–Kier alpha value is 0.660. The fourth-order valence-electron chi connectivity index (χ4n) is 0.879. The second-order valence-corrected chi connectivity index (χ2v) is 5.08. The fraction of sp³-hybridized carbons (Fsp3) is 0.500. The van der Waals surface area contributed by atoms with E-state index < -0.39 is 0 Å². The third-order valence-electron chi connectivity index (χ3n) is 1.43. The van der Waals surface area contributed by atoms with Gasteiger partial charge in [-0.1, -0.05) is 15.9 Å². The fourth-order valence-corrected chi connectivity index (χ4v) is 2.77. The zero-order valence-corrected chi connectivity index (χ0v) is 10.1. The van der Waals surface area contributed by atoms with Gasteiger partial charge >= 0.3 is 0 Å². The number of aryl methyl sites for hydroxylation is 1. The van der Waals surface area contributed by atoms with Crippen molar-refractivity contribution in [3.05, 3.63) is 20.8 Å². The number of thiophene rings is 1. The largest absolute Gasteiger partial charge is 0.148 e. The monoisotopic (exact) mass is 296 g/mol. The smallest absolute Gasteiger partial charge is 0.0285 e. The van der Waals surface area contributed by atoms with Crippen molar-refractivity contribution in [2.75, 3.05) is 5.33 Å². The second-order valence-electron chi connectivity index (χ2n) is 2.38. The van der Waals surface area contributed by atoms with Crippen LogP contribution in [0.15, 0.2) is 15.9 Å². The summed E-state index contributed by atoms with van der Waals surface area (Å²) >= 11 is 8.70. The van der Waals surface area contributed by atoms with Crippen molar-refractivity contribution in [1.82, 2.24) is 0 Å². The van der Waals surface area contributed by atoms with Crippen molar-refractivity contribution < 1.29 is 0 Å². The highest BCUT2D eigenvalue weighted by Crippen LogP contribution is 2.21. The first-order valence-corrected chi connectivity index (χ1v) is 6.41. The molecule has 0 aliphatic rings. The van der Waals surface area contributed by atoms with Gasteiger partial charge in [-0.25, -0.2) is 0 Å². The molecule has 0 aliphatic heterocycles. The SMILES string of the molecule is BrCCCCc1cc(Br)cs1. The number of rotatable bonds is 4. The topological polar surface area (TPSA) is 0 Å². The Morgan fingerprint density at radius 2 is 2.18 bits per heavy atom. The molecule has 0 aliphatic carbocycles. The highest BCUT2D eigenvalue weighted by molar-refractivity contribution is 9.10. The molecule has 3 heteroatoms. The molecule has 1 heterocycles. The lowest BCUT2D eigenvalue weighted by atomic mass is 10.2. The summed E-state index contributed by atoms with van der Waals surface area (Å²) in [5, 5.41) is 3.27. The Morgan fingerprint density at radius 3 is 2.73 bits per heavy atom. The van der Waals surface area contributed by atoms with Gasteiger partial charge in [0.15, 0.2) is 0 Å². The molecule has 0 spiro atoms. The average Bonchev–Trinajstić information content (AvgIpc) is 2.37. The van der Waals surface area contributed by atoms with Gasteiger partial charge in [-0.2, -0.15) is 0 Å². The van der Waals surface area contributed by atoms with E-state index in [0.29, 0.717) is 0 Å². The van der Waals surface area contributed by atoms with Crippen molar-refractivity contribution in [2.45, 2.75) is 19.3 Å². The molecule has 0 unspecified atom stereocenters. The third kappa shape index (κ3) is 3.72. The highest BCUT2D eigenvalue weighted by atomic mass is 79.9. The molecule has 11 heavy (non-hydrogen) atoms. The molecule has 1 rings (SSSR count). The van der Waals surface area contributed by atoms with Crippen LogP contribution in [0.1, 0.15) is 17.7 Å². The summed E-state index contributed by atoms with van der Waals surface area (Å²) in [7, 11) is 0. The van der Waals surface area contributed by atoms with Crippen molar-refractivity contribution in [2.24, 2.45) is 0 Å². The van der Waals surface area contributed by atoms with Crippen LogP contribution in [-0.4, -0.2) is 5.33 Å². The molecule has 62 valence electrons. The maximum atomic E-state index is 3.44. The number of hydrogen-bond acceptors (Lipinski definition) is 1. The number of alkyl halides is 1. The van der Waals surface area contributed by atoms with E-state index in [1.54, 1.807) is 0 Å². The minimum absolute atomic E-state index is 1.12. The summed E-state index contributed by atoms with van der Waals surface area (Å²) in [6, 6.07) is 2.21. The molecule has 0 bridgehead atoms. The highest BCUT2D eigenvalue weighted by Gasteiger charge is 1.96. The Labute approximate surface area is 88.3 Å². The van der Waals surface area contributed by atoms with Crippen molar-refractivity contribution in [3.63, 3.8) is 0 Å². The third-order valence-corrected chi connectivity index (χ3v) is 3.75. The van der Waals surface area contributed by atoms with Crippen LogP contribution in [0.4, 0.5) is 0 Å². The lowest BCUT2D eigenvalue weighted by Crippen LogP contribution is -1.80. The first-order valence-electron chi connectivity index (χ1n) is 3.62. The van der Waals surface area contributed by atoms with Crippen LogP contribution in [0, 0.1) is 0 Å². The first-order chi connectivity index (χ1) is 5.33. The normalized spacial score (nSPS) is 10.4.